The van der Waals surface area contributed by atoms with Crippen molar-refractivity contribution in [3.05, 3.63) is 148 Å². The molecule has 53 heavy (non-hydrogen) atoms. The molecule has 0 radical (unpaired) electrons. The third-order valence-corrected chi connectivity index (χ3v) is 8.24. The van der Waals surface area contributed by atoms with E-state index in [2.05, 4.69) is 21.3 Å². The molecule has 5 N–H and O–H groups in total. The summed E-state index contributed by atoms with van der Waals surface area (Å²) in [4.78, 5) is 53.6. The Kier molecular flexibility index (Phi) is 14.4. The molecule has 0 atom stereocenters. The van der Waals surface area contributed by atoms with Crippen LogP contribution < -0.4 is 37.8 Å². The lowest BCUT2D eigenvalue weighted by molar-refractivity contribution is 0.278. The van der Waals surface area contributed by atoms with Gasteiger partial charge >= 0.3 is 17.1 Å². The third-order valence-electron chi connectivity index (χ3n) is 8.24. The van der Waals surface area contributed by atoms with Gasteiger partial charge in [-0.3, -0.25) is 14.3 Å². The number of unbranched alkanes of at least 4 members (excludes halogenated alkanes) is 1. The summed E-state index contributed by atoms with van der Waals surface area (Å²) in [5, 5.41) is 9.60. The quantitative estimate of drug-likeness (QED) is 0.146. The minimum Gasteiger partial charge on any atom is -0.496 e. The molecule has 0 saturated carbocycles. The summed E-state index contributed by atoms with van der Waals surface area (Å²) in [5.74, 6) is -0.474. The summed E-state index contributed by atoms with van der Waals surface area (Å²) < 4.78 is 42.5. The molecule has 0 aliphatic carbocycles. The molecule has 6 rings (SSSR count). The van der Waals surface area contributed by atoms with Crippen LogP contribution >= 0.6 is 0 Å². The smallest absolute Gasteiger partial charge is 0.419 e. The maximum absolute atomic E-state index is 13.2. The third kappa shape index (κ3) is 10.1. The maximum Gasteiger partial charge on any atom is 0.419 e. The van der Waals surface area contributed by atoms with Crippen molar-refractivity contribution in [2.45, 2.75) is 45.6 Å². The number of hydrogen-bond donors (Lipinski definition) is 4. The van der Waals surface area contributed by atoms with E-state index in [-0.39, 0.29) is 30.2 Å². The molecule has 0 amide bonds. The first-order chi connectivity index (χ1) is 25.5. The first kappa shape index (κ1) is 39.9. The maximum atomic E-state index is 13.2. The highest BCUT2D eigenvalue weighted by molar-refractivity contribution is 5.84. The standard InChI is InChI=1S/C19H19FN2O4.C16H12FNO4.C4H11N/c1-26-16-8-7-15-17(14(16)11-12-3-5-13(20)6-4-12)18(24)22(9-2-10-23)19(25)21-15;1-21-13-7-6-12-14(15(19)22-16(20)18-12)11(13)8-9-2-4-10(17)5-3-9;1-2-3-4-5/h3-8,23H,2,9-11H2,1H3,(H,21,25);2-7H,8H2,1H3,(H,18,20);2-5H2,1H3. The fourth-order valence-electron chi connectivity index (χ4n) is 5.61. The number of H-pyrrole nitrogens is 2. The molecule has 0 unspecified atom stereocenters. The summed E-state index contributed by atoms with van der Waals surface area (Å²) in [6.07, 6.45) is 3.38. The number of hydrogen-bond acceptors (Lipinski definition) is 9. The van der Waals surface area contributed by atoms with Crippen molar-refractivity contribution in [2.75, 3.05) is 27.4 Å². The van der Waals surface area contributed by atoms with Crippen LogP contribution in [0.5, 0.6) is 11.5 Å². The van der Waals surface area contributed by atoms with Crippen LogP contribution in [0.2, 0.25) is 0 Å². The van der Waals surface area contributed by atoms with E-state index in [1.807, 2.05) is 0 Å². The number of aliphatic hydroxyl groups excluding tert-OH is 1. The molecule has 0 spiro atoms. The fourth-order valence-corrected chi connectivity index (χ4v) is 5.61. The van der Waals surface area contributed by atoms with Crippen LogP contribution in [0.15, 0.2) is 96.4 Å². The minimum atomic E-state index is -0.810. The Morgan fingerprint density at radius 2 is 1.25 bits per heavy atom. The number of nitrogens with zero attached hydrogens (tertiary/aromatic N) is 1. The zero-order chi connectivity index (χ0) is 38.5. The van der Waals surface area contributed by atoms with Gasteiger partial charge in [-0.2, -0.15) is 0 Å². The Labute approximate surface area is 302 Å². The van der Waals surface area contributed by atoms with Gasteiger partial charge in [0, 0.05) is 37.1 Å². The van der Waals surface area contributed by atoms with Gasteiger partial charge in [0.2, 0.25) is 0 Å². The highest BCUT2D eigenvalue weighted by Gasteiger charge is 2.17. The molecule has 2 aromatic heterocycles. The molecular formula is C39H42F2N4O8. The Bertz CT molecular complexity index is 2370. The van der Waals surface area contributed by atoms with Crippen LogP contribution in [0.1, 0.15) is 48.4 Å². The molecule has 0 bridgehead atoms. The van der Waals surface area contributed by atoms with Crippen molar-refractivity contribution >= 4 is 21.8 Å². The van der Waals surface area contributed by atoms with Crippen LogP contribution in [0.4, 0.5) is 8.78 Å². The molecule has 14 heteroatoms. The molecule has 12 nitrogen and oxygen atoms in total. The van der Waals surface area contributed by atoms with Crippen molar-refractivity contribution in [3.63, 3.8) is 0 Å². The van der Waals surface area contributed by atoms with E-state index >= 15 is 0 Å². The van der Waals surface area contributed by atoms with Crippen molar-refractivity contribution in [1.82, 2.24) is 14.5 Å². The molecule has 0 saturated heterocycles. The van der Waals surface area contributed by atoms with Gasteiger partial charge in [-0.25, -0.2) is 23.2 Å². The number of methoxy groups -OCH3 is 2. The highest BCUT2D eigenvalue weighted by Crippen LogP contribution is 2.28. The van der Waals surface area contributed by atoms with Gasteiger partial charge < -0.3 is 29.7 Å². The molecular weight excluding hydrogens is 690 g/mol. The summed E-state index contributed by atoms with van der Waals surface area (Å²) in [7, 11) is 2.99. The number of benzene rings is 4. The number of aromatic nitrogens is 3. The van der Waals surface area contributed by atoms with Crippen LogP contribution in [-0.4, -0.2) is 47.0 Å². The van der Waals surface area contributed by atoms with E-state index in [4.69, 9.17) is 20.3 Å². The molecule has 6 aromatic rings. The normalized spacial score (nSPS) is 10.7. The molecule has 0 aliphatic heterocycles. The van der Waals surface area contributed by atoms with E-state index in [1.54, 1.807) is 48.5 Å². The topological polar surface area (TPSA) is 183 Å². The second-order valence-electron chi connectivity index (χ2n) is 11.9. The zero-order valence-electron chi connectivity index (χ0n) is 29.7. The zero-order valence-corrected chi connectivity index (χ0v) is 29.7. The van der Waals surface area contributed by atoms with Crippen molar-refractivity contribution < 1.29 is 27.8 Å². The second kappa shape index (κ2) is 19.1. The molecule has 0 fully saturated rings. The fraction of sp³-hybridized carbons (Fsp3) is 0.282. The lowest BCUT2D eigenvalue weighted by Crippen LogP contribution is -2.35. The molecule has 2 heterocycles. The van der Waals surface area contributed by atoms with Gasteiger partial charge in [0.1, 0.15) is 23.1 Å². The number of nitrogens with one attached hydrogen (secondary N) is 2. The Morgan fingerprint density at radius 3 is 1.70 bits per heavy atom. The van der Waals surface area contributed by atoms with Gasteiger partial charge in [0.25, 0.3) is 5.56 Å². The Morgan fingerprint density at radius 1 is 0.736 bits per heavy atom. The van der Waals surface area contributed by atoms with Crippen LogP contribution in [0, 0.1) is 11.6 Å². The van der Waals surface area contributed by atoms with Gasteiger partial charge in [0.05, 0.1) is 36.0 Å². The van der Waals surface area contributed by atoms with Crippen LogP contribution in [0.25, 0.3) is 21.8 Å². The van der Waals surface area contributed by atoms with Gasteiger partial charge in [-0.05, 0) is 79.0 Å². The molecule has 0 aliphatic rings. The number of halogens is 2. The molecule has 4 aromatic carbocycles. The monoisotopic (exact) mass is 732 g/mol. The average molecular weight is 733 g/mol. The van der Waals surface area contributed by atoms with E-state index in [9.17, 15) is 28.0 Å². The lowest BCUT2D eigenvalue weighted by atomic mass is 10.00. The van der Waals surface area contributed by atoms with Gasteiger partial charge in [-0.15, -0.1) is 0 Å². The highest BCUT2D eigenvalue weighted by atomic mass is 19.1. The van der Waals surface area contributed by atoms with Crippen molar-refractivity contribution in [3.8, 4) is 11.5 Å². The minimum absolute atomic E-state index is 0.119. The second-order valence-corrected chi connectivity index (χ2v) is 11.9. The predicted octanol–water partition coefficient (Wildman–Crippen LogP) is 4.78. The summed E-state index contributed by atoms with van der Waals surface area (Å²) >= 11 is 0. The van der Waals surface area contributed by atoms with Gasteiger partial charge in [-0.1, -0.05) is 37.6 Å². The van der Waals surface area contributed by atoms with Crippen molar-refractivity contribution in [1.29, 1.82) is 0 Å². The van der Waals surface area contributed by atoms with E-state index < -0.39 is 22.6 Å². The summed E-state index contributed by atoms with van der Waals surface area (Å²) in [6, 6.07) is 18.5. The molecule has 280 valence electrons. The van der Waals surface area contributed by atoms with Crippen molar-refractivity contribution in [2.24, 2.45) is 5.73 Å². The Balaban J connectivity index is 0.000000212. The number of rotatable bonds is 11. The lowest BCUT2D eigenvalue weighted by Gasteiger charge is -2.13. The Hall–Kier alpha value is -5.86. The number of fused-ring (bicyclic) bond motifs is 2. The SMILES string of the molecule is CCCCN.COc1ccc2[nH]c(=O)n(CCCO)c(=O)c2c1Cc1ccc(F)cc1.COc1ccc2[nH]c(=O)oc(=O)c2c1Cc1ccc(F)cc1. The van der Waals surface area contributed by atoms with Crippen LogP contribution in [0.3, 0.4) is 0 Å². The van der Waals surface area contributed by atoms with E-state index in [1.165, 1.54) is 51.3 Å². The number of nitrogens with two attached hydrogens (primary N) is 1. The number of aliphatic hydroxyl groups is 1. The average Bonchev–Trinajstić information content (AvgIpc) is 3.14. The van der Waals surface area contributed by atoms with Gasteiger partial charge in [0.15, 0.2) is 0 Å². The number of aromatic amines is 2. The summed E-state index contributed by atoms with van der Waals surface area (Å²) in [5.41, 5.74) is 7.06. The van der Waals surface area contributed by atoms with Crippen LogP contribution in [-0.2, 0) is 19.4 Å². The van der Waals surface area contributed by atoms with E-state index in [0.717, 1.165) is 22.2 Å². The first-order valence-corrected chi connectivity index (χ1v) is 16.9. The largest absolute Gasteiger partial charge is 0.496 e. The first-order valence-electron chi connectivity index (χ1n) is 16.9. The predicted molar refractivity (Wildman–Crippen MR) is 199 cm³/mol. The van der Waals surface area contributed by atoms with E-state index in [0.29, 0.717) is 58.3 Å². The summed E-state index contributed by atoms with van der Waals surface area (Å²) in [6.45, 7) is 2.97. The number of ether oxygens (including phenoxy) is 2.